The second kappa shape index (κ2) is 8.90. The van der Waals surface area contributed by atoms with Crippen molar-refractivity contribution in [2.75, 3.05) is 13.6 Å². The summed E-state index contributed by atoms with van der Waals surface area (Å²) in [6, 6.07) is 13.4. The summed E-state index contributed by atoms with van der Waals surface area (Å²) < 4.78 is 38.2. The van der Waals surface area contributed by atoms with E-state index >= 15 is 0 Å². The SMILES string of the molecule is CNCC1Cc2ccc(CCn3cc(S(N)(=O)=O)cn3)cc2C1Cc1cccc(F)c1. The number of hydrogen-bond acceptors (Lipinski definition) is 4. The van der Waals surface area contributed by atoms with Gasteiger partial charge in [-0.2, -0.15) is 5.10 Å². The lowest BCUT2D eigenvalue weighted by molar-refractivity contribution is 0.435. The molecule has 0 radical (unpaired) electrons. The summed E-state index contributed by atoms with van der Waals surface area (Å²) in [5.41, 5.74) is 4.85. The molecule has 2 aromatic carbocycles. The molecule has 0 bridgehead atoms. The Morgan fingerprint density at radius 2 is 2.06 bits per heavy atom. The lowest BCUT2D eigenvalue weighted by Crippen LogP contribution is -2.23. The van der Waals surface area contributed by atoms with E-state index in [2.05, 4.69) is 28.6 Å². The van der Waals surface area contributed by atoms with Crippen molar-refractivity contribution in [3.8, 4) is 0 Å². The number of hydrogen-bond donors (Lipinski definition) is 2. The van der Waals surface area contributed by atoms with Crippen LogP contribution in [0.5, 0.6) is 0 Å². The number of rotatable bonds is 8. The summed E-state index contributed by atoms with van der Waals surface area (Å²) >= 11 is 0. The topological polar surface area (TPSA) is 90.0 Å². The van der Waals surface area contributed by atoms with E-state index in [0.29, 0.717) is 18.4 Å². The molecule has 1 aromatic heterocycles. The molecule has 0 saturated heterocycles. The quantitative estimate of drug-likeness (QED) is 0.561. The van der Waals surface area contributed by atoms with Crippen molar-refractivity contribution in [1.82, 2.24) is 15.1 Å². The van der Waals surface area contributed by atoms with Gasteiger partial charge in [0.2, 0.25) is 10.0 Å². The Labute approximate surface area is 182 Å². The van der Waals surface area contributed by atoms with Crippen molar-refractivity contribution < 1.29 is 12.8 Å². The number of nitrogens with zero attached hydrogens (tertiary/aromatic N) is 2. The maximum Gasteiger partial charge on any atom is 0.241 e. The molecule has 1 aliphatic carbocycles. The van der Waals surface area contributed by atoms with Gasteiger partial charge in [0, 0.05) is 12.7 Å². The fraction of sp³-hybridized carbons (Fsp3) is 0.348. The minimum absolute atomic E-state index is 0.0199. The number of fused-ring (bicyclic) bond motifs is 1. The molecule has 0 spiro atoms. The Morgan fingerprint density at radius 1 is 1.23 bits per heavy atom. The molecular weight excluding hydrogens is 415 g/mol. The first-order valence-electron chi connectivity index (χ1n) is 10.4. The Kier molecular flexibility index (Phi) is 6.22. The molecule has 31 heavy (non-hydrogen) atoms. The number of aryl methyl sites for hydroxylation is 2. The van der Waals surface area contributed by atoms with Crippen molar-refractivity contribution in [3.05, 3.63) is 82.9 Å². The minimum atomic E-state index is -3.74. The summed E-state index contributed by atoms with van der Waals surface area (Å²) in [5.74, 6) is 0.581. The van der Waals surface area contributed by atoms with E-state index in [1.54, 1.807) is 16.8 Å². The van der Waals surface area contributed by atoms with Gasteiger partial charge in [0.1, 0.15) is 10.7 Å². The van der Waals surface area contributed by atoms with Crippen LogP contribution in [0.2, 0.25) is 0 Å². The summed E-state index contributed by atoms with van der Waals surface area (Å²) in [7, 11) is -1.77. The van der Waals surface area contributed by atoms with Crippen molar-refractivity contribution in [2.24, 2.45) is 11.1 Å². The molecule has 2 atom stereocenters. The molecule has 0 amide bonds. The van der Waals surface area contributed by atoms with Crippen molar-refractivity contribution in [2.45, 2.75) is 36.6 Å². The molecule has 1 heterocycles. The van der Waals surface area contributed by atoms with Crippen LogP contribution in [0.4, 0.5) is 4.39 Å². The zero-order valence-corrected chi connectivity index (χ0v) is 18.3. The Bertz CT molecular complexity index is 1180. The summed E-state index contributed by atoms with van der Waals surface area (Å²) in [6.07, 6.45) is 5.26. The smallest absolute Gasteiger partial charge is 0.241 e. The van der Waals surface area contributed by atoms with E-state index in [9.17, 15) is 12.8 Å². The minimum Gasteiger partial charge on any atom is -0.319 e. The third kappa shape index (κ3) is 5.03. The monoisotopic (exact) mass is 442 g/mol. The largest absolute Gasteiger partial charge is 0.319 e. The van der Waals surface area contributed by atoms with E-state index in [1.165, 1.54) is 35.2 Å². The van der Waals surface area contributed by atoms with Crippen LogP contribution in [0, 0.1) is 11.7 Å². The number of sulfonamides is 1. The fourth-order valence-corrected chi connectivity index (χ4v) is 5.00. The van der Waals surface area contributed by atoms with Gasteiger partial charge in [0.25, 0.3) is 0 Å². The highest BCUT2D eigenvalue weighted by atomic mass is 32.2. The molecular formula is C23H27FN4O2S. The van der Waals surface area contributed by atoms with Crippen LogP contribution in [0.15, 0.2) is 59.8 Å². The number of primary sulfonamides is 1. The summed E-state index contributed by atoms with van der Waals surface area (Å²) in [5, 5.41) is 12.6. The van der Waals surface area contributed by atoms with Gasteiger partial charge >= 0.3 is 0 Å². The fourth-order valence-electron chi connectivity index (χ4n) is 4.54. The zero-order chi connectivity index (χ0) is 22.0. The van der Waals surface area contributed by atoms with Crippen LogP contribution in [-0.4, -0.2) is 31.8 Å². The van der Waals surface area contributed by atoms with Crippen LogP contribution < -0.4 is 10.5 Å². The van der Waals surface area contributed by atoms with Gasteiger partial charge < -0.3 is 5.32 Å². The summed E-state index contributed by atoms with van der Waals surface area (Å²) in [4.78, 5) is 0.0199. The zero-order valence-electron chi connectivity index (χ0n) is 17.5. The molecule has 8 heteroatoms. The van der Waals surface area contributed by atoms with Crippen LogP contribution in [-0.2, 0) is 35.8 Å². The molecule has 6 nitrogen and oxygen atoms in total. The molecule has 0 aliphatic heterocycles. The normalized spacial score (nSPS) is 18.3. The highest BCUT2D eigenvalue weighted by Crippen LogP contribution is 2.40. The molecule has 0 saturated carbocycles. The van der Waals surface area contributed by atoms with Gasteiger partial charge in [-0.25, -0.2) is 17.9 Å². The lowest BCUT2D eigenvalue weighted by Gasteiger charge is -2.21. The van der Waals surface area contributed by atoms with Crippen LogP contribution in [0.1, 0.15) is 28.2 Å². The van der Waals surface area contributed by atoms with E-state index in [-0.39, 0.29) is 10.7 Å². The van der Waals surface area contributed by atoms with Crippen molar-refractivity contribution in [3.63, 3.8) is 0 Å². The second-order valence-electron chi connectivity index (χ2n) is 8.23. The second-order valence-corrected chi connectivity index (χ2v) is 9.79. The molecule has 0 fully saturated rings. The van der Waals surface area contributed by atoms with Gasteiger partial charge in [-0.1, -0.05) is 30.3 Å². The van der Waals surface area contributed by atoms with Crippen LogP contribution in [0.25, 0.3) is 0 Å². The van der Waals surface area contributed by atoms with Gasteiger partial charge in [0.05, 0.1) is 6.20 Å². The van der Waals surface area contributed by atoms with E-state index < -0.39 is 10.0 Å². The van der Waals surface area contributed by atoms with E-state index in [0.717, 1.165) is 31.4 Å². The molecule has 1 aliphatic rings. The Balaban J connectivity index is 1.53. The maximum absolute atomic E-state index is 13.7. The molecule has 2 unspecified atom stereocenters. The summed E-state index contributed by atoms with van der Waals surface area (Å²) in [6.45, 7) is 1.47. The van der Waals surface area contributed by atoms with Crippen LogP contribution in [0.3, 0.4) is 0 Å². The number of nitrogens with two attached hydrogens (primary N) is 1. The lowest BCUT2D eigenvalue weighted by atomic mass is 9.86. The number of nitrogens with one attached hydrogen (secondary N) is 1. The van der Waals surface area contributed by atoms with Crippen molar-refractivity contribution in [1.29, 1.82) is 0 Å². The van der Waals surface area contributed by atoms with Gasteiger partial charge in [-0.3, -0.25) is 4.68 Å². The highest BCUT2D eigenvalue weighted by Gasteiger charge is 2.32. The van der Waals surface area contributed by atoms with Gasteiger partial charge in [-0.05, 0) is 79.1 Å². The van der Waals surface area contributed by atoms with E-state index in [4.69, 9.17) is 5.14 Å². The average Bonchev–Trinajstić information content (AvgIpc) is 3.32. The van der Waals surface area contributed by atoms with Gasteiger partial charge in [-0.15, -0.1) is 0 Å². The average molecular weight is 443 g/mol. The van der Waals surface area contributed by atoms with Crippen LogP contribution >= 0.6 is 0 Å². The number of benzene rings is 2. The molecule has 3 aromatic rings. The third-order valence-electron chi connectivity index (χ3n) is 6.04. The Morgan fingerprint density at radius 3 is 2.77 bits per heavy atom. The van der Waals surface area contributed by atoms with Gasteiger partial charge in [0.15, 0.2) is 0 Å². The van der Waals surface area contributed by atoms with E-state index in [1.807, 2.05) is 13.1 Å². The first-order valence-corrected chi connectivity index (χ1v) is 11.9. The third-order valence-corrected chi connectivity index (χ3v) is 6.91. The first kappa shape index (κ1) is 21.7. The first-order chi connectivity index (χ1) is 14.8. The predicted molar refractivity (Wildman–Crippen MR) is 118 cm³/mol. The van der Waals surface area contributed by atoms with Crippen molar-refractivity contribution >= 4 is 10.0 Å². The molecule has 164 valence electrons. The molecule has 3 N–H and O–H groups in total. The number of halogens is 1. The molecule has 4 rings (SSSR count). The Hall–Kier alpha value is -2.55. The highest BCUT2D eigenvalue weighted by molar-refractivity contribution is 7.89. The predicted octanol–water partition coefficient (Wildman–Crippen LogP) is 2.63. The maximum atomic E-state index is 13.7. The number of aromatic nitrogens is 2. The standard InChI is InChI=1S/C23H27FN4O2S/c1-26-13-19-12-18-6-5-16(7-8-28-15-21(14-27-28)31(25,29)30)10-22(18)23(19)11-17-3-2-4-20(24)9-17/h2-6,9-10,14-15,19,23,26H,7-8,11-13H2,1H3,(H2,25,29,30).